The highest BCUT2D eigenvalue weighted by Crippen LogP contribution is 2.20. The Bertz CT molecular complexity index is 163. The lowest BCUT2D eigenvalue weighted by Crippen LogP contribution is -2.21. The van der Waals surface area contributed by atoms with Gasteiger partial charge in [-0.1, -0.05) is 0 Å². The van der Waals surface area contributed by atoms with Crippen LogP contribution in [0.1, 0.15) is 0 Å². The van der Waals surface area contributed by atoms with Crippen LogP contribution in [0, 0.1) is 0 Å². The highest BCUT2D eigenvalue weighted by Gasteiger charge is 2.44. The summed E-state index contributed by atoms with van der Waals surface area (Å²) in [5.74, 6) is 0. The first-order valence-electron chi connectivity index (χ1n) is 1.29. The summed E-state index contributed by atoms with van der Waals surface area (Å²) in [5, 5.41) is 0. The second-order valence-electron chi connectivity index (χ2n) is 0.921. The molecular weight excluding hydrogens is 150 g/mol. The molecule has 50 valence electrons. The lowest BCUT2D eigenvalue weighted by Gasteiger charge is -1.97. The fraction of sp³-hybridized carbons (Fsp3) is 1.00. The van der Waals surface area contributed by atoms with Gasteiger partial charge in [-0.05, 0) is 0 Å². The lowest BCUT2D eigenvalue weighted by molar-refractivity contribution is -0.0510. The zero-order valence-electron chi connectivity index (χ0n) is 3.31. The molecule has 0 saturated carbocycles. The lowest BCUT2D eigenvalue weighted by atomic mass is 12.5. The molecule has 0 heterocycles. The Balaban J connectivity index is 4.53. The maximum atomic E-state index is 10.7. The molecule has 0 aliphatic carbocycles. The maximum Gasteiger partial charge on any atom is 0.522 e. The first-order valence-corrected chi connectivity index (χ1v) is 2.73. The molecule has 0 amide bonds. The summed E-state index contributed by atoms with van der Waals surface area (Å²) < 4.78 is 57.5. The van der Waals surface area contributed by atoms with Gasteiger partial charge in [-0.3, -0.25) is 4.55 Å². The number of hydrogen-bond donors (Lipinski definition) is 1. The molecule has 0 aromatic carbocycles. The Morgan fingerprint density at radius 1 is 1.25 bits per heavy atom. The van der Waals surface area contributed by atoms with E-state index in [1.54, 1.807) is 0 Å². The Kier molecular flexibility index (Phi) is 1.53. The van der Waals surface area contributed by atoms with E-state index in [-0.39, 0.29) is 0 Å². The highest BCUT2D eigenvalue weighted by molar-refractivity contribution is 7.86. The summed E-state index contributed by atoms with van der Waals surface area (Å²) in [6, 6.07) is 0. The molecule has 0 aromatic rings. The zero-order chi connectivity index (χ0) is 7.00. The summed E-state index contributed by atoms with van der Waals surface area (Å²) in [6.45, 7) is 0. The highest BCUT2D eigenvalue weighted by atomic mass is 32.2. The van der Waals surface area contributed by atoms with E-state index in [0.29, 0.717) is 0 Å². The topological polar surface area (TPSA) is 54.4 Å². The van der Waals surface area contributed by atoms with Crippen molar-refractivity contribution in [3.8, 4) is 0 Å². The van der Waals surface area contributed by atoms with Crippen molar-refractivity contribution in [1.29, 1.82) is 0 Å². The van der Waals surface area contributed by atoms with E-state index in [9.17, 15) is 13.2 Å². The van der Waals surface area contributed by atoms with Gasteiger partial charge in [-0.15, -0.1) is 0 Å². The molecule has 0 radical (unpaired) electrons. The third-order valence-corrected chi connectivity index (χ3v) is 0.877. The van der Waals surface area contributed by atoms with Gasteiger partial charge in [0.1, 0.15) is 0 Å². The summed E-state index contributed by atoms with van der Waals surface area (Å²) in [4.78, 5) is 0. The molecule has 0 spiro atoms. The van der Waals surface area contributed by atoms with Crippen LogP contribution in [0.5, 0.6) is 0 Å². The van der Waals surface area contributed by atoms with Crippen molar-refractivity contribution in [3.63, 3.8) is 0 Å². The van der Waals surface area contributed by atoms with Crippen molar-refractivity contribution in [2.75, 3.05) is 0 Å². The Labute approximate surface area is 42.9 Å². The van der Waals surface area contributed by atoms with Gasteiger partial charge in [0.2, 0.25) is 0 Å². The molecule has 0 saturated heterocycles. The average molecular weight is 151 g/mol. The molecule has 7 heteroatoms. The van der Waals surface area contributed by atoms with Crippen molar-refractivity contribution in [3.05, 3.63) is 0 Å². The molecule has 0 aliphatic heterocycles. The van der Waals surface area contributed by atoms with Crippen molar-refractivity contribution in [1.82, 2.24) is 0 Å². The zero-order valence-corrected chi connectivity index (χ0v) is 4.12. The monoisotopic (exact) mass is 151 g/mol. The van der Waals surface area contributed by atoms with Gasteiger partial charge in [0.15, 0.2) is 0 Å². The van der Waals surface area contributed by atoms with Gasteiger partial charge in [-0.25, -0.2) is 0 Å². The summed E-state index contributed by atoms with van der Waals surface area (Å²) >= 11 is 0. The molecule has 0 rings (SSSR count). The third-order valence-electron chi connectivity index (χ3n) is 0.292. The van der Waals surface area contributed by atoms with Crippen molar-refractivity contribution in [2.45, 2.75) is 5.51 Å². The van der Waals surface area contributed by atoms with Crippen LogP contribution in [0.2, 0.25) is 0 Å². The molecule has 3 nitrogen and oxygen atoms in total. The predicted octanol–water partition coefficient (Wildman–Crippen LogP) is 0.394. The molecular formula is CHF3O3S. The van der Waals surface area contributed by atoms with Crippen molar-refractivity contribution < 1.29 is 26.1 Å². The molecule has 0 atom stereocenters. The van der Waals surface area contributed by atoms with Crippen LogP contribution in [0.15, 0.2) is 0 Å². The summed E-state index contributed by atoms with van der Waals surface area (Å²) in [6.07, 6.45) is 0. The van der Waals surface area contributed by atoms with Crippen molar-refractivity contribution in [2.24, 2.45) is 0 Å². The van der Waals surface area contributed by atoms with Gasteiger partial charge >= 0.3 is 15.6 Å². The Hall–Kier alpha value is -0.300. The van der Waals surface area contributed by atoms with Gasteiger partial charge in [-0.2, -0.15) is 21.6 Å². The smallest absolute Gasteiger partial charge is 0.279 e. The fourth-order valence-electron chi connectivity index (χ4n) is 0. The van der Waals surface area contributed by atoms with Gasteiger partial charge in [0.05, 0.1) is 0 Å². The third kappa shape index (κ3) is 1.66. The summed E-state index contributed by atoms with van der Waals surface area (Å²) in [5.41, 5.74) is -5.53. The van der Waals surface area contributed by atoms with E-state index < -0.39 is 15.6 Å². The number of rotatable bonds is 0. The van der Waals surface area contributed by atoms with Crippen molar-refractivity contribution >= 4 is 10.1 Å². The first kappa shape index (κ1) is 7.70. The van der Waals surface area contributed by atoms with Crippen LogP contribution in [0.3, 0.4) is 0 Å². The second-order valence-corrected chi connectivity index (χ2v) is 2.33. The Morgan fingerprint density at radius 2 is 1.38 bits per heavy atom. The molecule has 0 aliphatic rings. The van der Waals surface area contributed by atoms with Crippen LogP contribution in [0.4, 0.5) is 13.2 Å². The van der Waals surface area contributed by atoms with Crippen LogP contribution in [0.25, 0.3) is 0 Å². The minimum atomic E-state index is -5.84. The minimum Gasteiger partial charge on any atom is -0.279 e. The summed E-state index contributed by atoms with van der Waals surface area (Å²) in [7, 11) is -5.84. The molecule has 0 aromatic heterocycles. The van der Waals surface area contributed by atoms with Crippen LogP contribution in [-0.2, 0) is 10.1 Å². The van der Waals surface area contributed by atoms with Gasteiger partial charge in [0.25, 0.3) is 0 Å². The van der Waals surface area contributed by atoms with Crippen LogP contribution < -0.4 is 0 Å². The molecule has 0 bridgehead atoms. The SMILES string of the molecule is O=S(=O)(O)[13C](F)(F)F. The average Bonchev–Trinajstić information content (AvgIpc) is 1.25. The second kappa shape index (κ2) is 1.59. The van der Waals surface area contributed by atoms with E-state index in [1.807, 2.05) is 0 Å². The number of alkyl halides is 3. The van der Waals surface area contributed by atoms with E-state index in [1.165, 1.54) is 0 Å². The largest absolute Gasteiger partial charge is 0.522 e. The van der Waals surface area contributed by atoms with Gasteiger partial charge in [0, 0.05) is 0 Å². The number of hydrogen-bond acceptors (Lipinski definition) is 2. The molecule has 1 N–H and O–H groups in total. The predicted molar refractivity (Wildman–Crippen MR) is 17.6 cm³/mol. The van der Waals surface area contributed by atoms with Gasteiger partial charge < -0.3 is 0 Å². The fourth-order valence-corrected chi connectivity index (χ4v) is 0. The number of halogens is 3. The van der Waals surface area contributed by atoms with E-state index in [2.05, 4.69) is 0 Å². The molecule has 8 heavy (non-hydrogen) atoms. The van der Waals surface area contributed by atoms with Crippen LogP contribution in [-0.4, -0.2) is 18.5 Å². The minimum absolute atomic E-state index is 5.53. The Morgan fingerprint density at radius 3 is 1.38 bits per heavy atom. The van der Waals surface area contributed by atoms with E-state index >= 15 is 0 Å². The maximum absolute atomic E-state index is 10.7. The van der Waals surface area contributed by atoms with Crippen LogP contribution >= 0.6 is 0 Å². The van der Waals surface area contributed by atoms with E-state index in [4.69, 9.17) is 13.0 Å². The quantitative estimate of drug-likeness (QED) is 0.309. The molecule has 0 fully saturated rings. The first-order chi connectivity index (χ1) is 3.25. The molecule has 0 unspecified atom stereocenters. The standard InChI is InChI=1S/CHF3O3S/c2-1(3,4)8(5,6)7/h(H,5,6,7)/i1+1. The normalized spacial score (nSPS) is 14.0. The van der Waals surface area contributed by atoms with E-state index in [0.717, 1.165) is 0 Å².